The number of rotatable bonds is 4. The van der Waals surface area contributed by atoms with Gasteiger partial charge in [0.15, 0.2) is 0 Å². The third-order valence-electron chi connectivity index (χ3n) is 4.25. The van der Waals surface area contributed by atoms with Crippen molar-refractivity contribution in [3.8, 4) is 0 Å². The van der Waals surface area contributed by atoms with E-state index in [0.717, 1.165) is 31.5 Å². The molecule has 3 rings (SSSR count). The van der Waals surface area contributed by atoms with Crippen molar-refractivity contribution in [1.29, 1.82) is 0 Å². The Balaban J connectivity index is 1.62. The van der Waals surface area contributed by atoms with Gasteiger partial charge in [0.1, 0.15) is 6.54 Å². The molecule has 1 fully saturated rings. The van der Waals surface area contributed by atoms with Gasteiger partial charge < -0.3 is 14.8 Å². The minimum absolute atomic E-state index is 0.0293. The summed E-state index contributed by atoms with van der Waals surface area (Å²) < 4.78 is 1.37. The first-order chi connectivity index (χ1) is 12.0. The van der Waals surface area contributed by atoms with E-state index < -0.39 is 0 Å². The van der Waals surface area contributed by atoms with E-state index in [0.29, 0.717) is 11.3 Å². The molecule has 6 nitrogen and oxygen atoms in total. The molecule has 0 bridgehead atoms. The zero-order valence-corrected chi connectivity index (χ0v) is 14.2. The molecule has 1 N–H and O–H groups in total. The van der Waals surface area contributed by atoms with Crippen LogP contribution in [0.2, 0.25) is 0 Å². The number of amides is 2. The SMILES string of the molecule is Cc1ccc(=O)n(CC(=O)Nc2ccc(C(=O)N3CCCC3)cc2)c1. The number of nitrogens with zero attached hydrogens (tertiary/aromatic N) is 2. The van der Waals surface area contributed by atoms with Crippen LogP contribution in [0.5, 0.6) is 0 Å². The van der Waals surface area contributed by atoms with Gasteiger partial charge in [-0.2, -0.15) is 0 Å². The third-order valence-corrected chi connectivity index (χ3v) is 4.25. The summed E-state index contributed by atoms with van der Waals surface area (Å²) in [6, 6.07) is 10.0. The molecule has 2 heterocycles. The highest BCUT2D eigenvalue weighted by atomic mass is 16.2. The van der Waals surface area contributed by atoms with Crippen LogP contribution in [-0.2, 0) is 11.3 Å². The molecule has 0 saturated carbocycles. The molecule has 1 aliphatic heterocycles. The normalized spacial score (nSPS) is 13.7. The summed E-state index contributed by atoms with van der Waals surface area (Å²) in [5.41, 5.74) is 1.92. The fourth-order valence-corrected chi connectivity index (χ4v) is 2.93. The first-order valence-corrected chi connectivity index (χ1v) is 8.39. The van der Waals surface area contributed by atoms with E-state index in [-0.39, 0.29) is 23.9 Å². The number of aryl methyl sites for hydroxylation is 1. The largest absolute Gasteiger partial charge is 0.339 e. The van der Waals surface area contributed by atoms with E-state index in [4.69, 9.17) is 0 Å². The number of hydrogen-bond donors (Lipinski definition) is 1. The molecule has 0 unspecified atom stereocenters. The van der Waals surface area contributed by atoms with Crippen molar-refractivity contribution in [3.63, 3.8) is 0 Å². The zero-order chi connectivity index (χ0) is 17.8. The molecule has 0 spiro atoms. The molecule has 0 atom stereocenters. The van der Waals surface area contributed by atoms with Crippen LogP contribution >= 0.6 is 0 Å². The number of pyridine rings is 1. The molecular formula is C19H21N3O3. The van der Waals surface area contributed by atoms with Crippen LogP contribution in [0.3, 0.4) is 0 Å². The third kappa shape index (κ3) is 4.15. The molecule has 25 heavy (non-hydrogen) atoms. The number of benzene rings is 1. The topological polar surface area (TPSA) is 71.4 Å². The van der Waals surface area contributed by atoms with Crippen LogP contribution in [0, 0.1) is 6.92 Å². The van der Waals surface area contributed by atoms with Crippen LogP contribution in [0.25, 0.3) is 0 Å². The van der Waals surface area contributed by atoms with E-state index >= 15 is 0 Å². The predicted octanol–water partition coefficient (Wildman–Crippen LogP) is 2.03. The molecule has 0 aliphatic carbocycles. The number of aromatic nitrogens is 1. The van der Waals surface area contributed by atoms with Crippen molar-refractivity contribution in [2.75, 3.05) is 18.4 Å². The van der Waals surface area contributed by atoms with Crippen molar-refractivity contribution < 1.29 is 9.59 Å². The van der Waals surface area contributed by atoms with Gasteiger partial charge in [-0.05, 0) is 49.6 Å². The lowest BCUT2D eigenvalue weighted by Crippen LogP contribution is -2.28. The number of carbonyl (C=O) groups is 2. The van der Waals surface area contributed by atoms with Crippen LogP contribution in [-0.4, -0.2) is 34.4 Å². The molecule has 1 saturated heterocycles. The monoisotopic (exact) mass is 339 g/mol. The Labute approximate surface area is 146 Å². The van der Waals surface area contributed by atoms with Crippen molar-refractivity contribution in [2.45, 2.75) is 26.3 Å². The summed E-state index contributed by atoms with van der Waals surface area (Å²) in [7, 11) is 0. The summed E-state index contributed by atoms with van der Waals surface area (Å²) in [5.74, 6) is -0.256. The van der Waals surface area contributed by atoms with Gasteiger partial charge in [0.25, 0.3) is 11.5 Å². The Hall–Kier alpha value is -2.89. The lowest BCUT2D eigenvalue weighted by Gasteiger charge is -2.15. The summed E-state index contributed by atoms with van der Waals surface area (Å²) in [5, 5.41) is 2.75. The Morgan fingerprint density at radius 1 is 1.04 bits per heavy atom. The molecule has 130 valence electrons. The van der Waals surface area contributed by atoms with Gasteiger partial charge in [0.05, 0.1) is 0 Å². The van der Waals surface area contributed by atoms with Crippen molar-refractivity contribution in [3.05, 3.63) is 64.1 Å². The molecular weight excluding hydrogens is 318 g/mol. The van der Waals surface area contributed by atoms with Gasteiger partial charge in [0, 0.05) is 36.6 Å². The van der Waals surface area contributed by atoms with Crippen LogP contribution in [0.15, 0.2) is 47.4 Å². The summed E-state index contributed by atoms with van der Waals surface area (Å²) in [6.45, 7) is 3.43. The lowest BCUT2D eigenvalue weighted by atomic mass is 10.2. The average molecular weight is 339 g/mol. The Morgan fingerprint density at radius 3 is 2.40 bits per heavy atom. The summed E-state index contributed by atoms with van der Waals surface area (Å²) in [4.78, 5) is 38.0. The van der Waals surface area contributed by atoms with Crippen molar-refractivity contribution in [1.82, 2.24) is 9.47 Å². The maximum absolute atomic E-state index is 12.3. The predicted molar refractivity (Wildman–Crippen MR) is 95.6 cm³/mol. The Morgan fingerprint density at radius 2 is 1.72 bits per heavy atom. The number of nitrogens with one attached hydrogen (secondary N) is 1. The molecule has 0 radical (unpaired) electrons. The molecule has 6 heteroatoms. The standard InChI is InChI=1S/C19H21N3O3/c1-14-4-9-18(24)22(12-14)13-17(23)20-16-7-5-15(6-8-16)19(25)21-10-2-3-11-21/h4-9,12H,2-3,10-11,13H2,1H3,(H,20,23). The quantitative estimate of drug-likeness (QED) is 0.926. The summed E-state index contributed by atoms with van der Waals surface area (Å²) >= 11 is 0. The maximum atomic E-state index is 12.3. The smallest absolute Gasteiger partial charge is 0.253 e. The second-order valence-electron chi connectivity index (χ2n) is 6.30. The van der Waals surface area contributed by atoms with E-state index in [1.165, 1.54) is 10.6 Å². The first-order valence-electron chi connectivity index (χ1n) is 8.39. The first kappa shape index (κ1) is 17.0. The van der Waals surface area contributed by atoms with E-state index in [1.807, 2.05) is 11.8 Å². The minimum Gasteiger partial charge on any atom is -0.339 e. The van der Waals surface area contributed by atoms with Crippen molar-refractivity contribution >= 4 is 17.5 Å². The molecule has 2 aromatic rings. The second-order valence-corrected chi connectivity index (χ2v) is 6.30. The van der Waals surface area contributed by atoms with Crippen molar-refractivity contribution in [2.24, 2.45) is 0 Å². The molecule has 2 amide bonds. The van der Waals surface area contributed by atoms with Crippen LogP contribution < -0.4 is 10.9 Å². The lowest BCUT2D eigenvalue weighted by molar-refractivity contribution is -0.116. The molecule has 1 aromatic heterocycles. The van der Waals surface area contributed by atoms with E-state index in [2.05, 4.69) is 5.32 Å². The fraction of sp³-hybridized carbons (Fsp3) is 0.316. The van der Waals surface area contributed by atoms with Gasteiger partial charge in [-0.3, -0.25) is 14.4 Å². The highest BCUT2D eigenvalue weighted by Gasteiger charge is 2.19. The molecule has 1 aromatic carbocycles. The zero-order valence-electron chi connectivity index (χ0n) is 14.2. The number of hydrogen-bond acceptors (Lipinski definition) is 3. The minimum atomic E-state index is -0.286. The number of likely N-dealkylation sites (tertiary alicyclic amines) is 1. The highest BCUT2D eigenvalue weighted by Crippen LogP contribution is 2.15. The number of anilines is 1. The van der Waals surface area contributed by atoms with Crippen LogP contribution in [0.4, 0.5) is 5.69 Å². The van der Waals surface area contributed by atoms with Gasteiger partial charge in [0.2, 0.25) is 5.91 Å². The average Bonchev–Trinajstić information content (AvgIpc) is 3.13. The van der Waals surface area contributed by atoms with Crippen LogP contribution in [0.1, 0.15) is 28.8 Å². The van der Waals surface area contributed by atoms with Gasteiger partial charge in [-0.25, -0.2) is 0 Å². The Kier molecular flexibility index (Phi) is 4.97. The second kappa shape index (κ2) is 7.34. The Bertz CT molecular complexity index is 834. The molecule has 1 aliphatic rings. The maximum Gasteiger partial charge on any atom is 0.253 e. The highest BCUT2D eigenvalue weighted by molar-refractivity contribution is 5.95. The summed E-state index contributed by atoms with van der Waals surface area (Å²) in [6.07, 6.45) is 3.76. The van der Waals surface area contributed by atoms with E-state index in [9.17, 15) is 14.4 Å². The van der Waals surface area contributed by atoms with E-state index in [1.54, 1.807) is 36.5 Å². The van der Waals surface area contributed by atoms with Gasteiger partial charge >= 0.3 is 0 Å². The number of carbonyl (C=O) groups excluding carboxylic acids is 2. The fourth-order valence-electron chi connectivity index (χ4n) is 2.93. The van der Waals surface area contributed by atoms with Gasteiger partial charge in [-0.15, -0.1) is 0 Å². The van der Waals surface area contributed by atoms with Gasteiger partial charge in [-0.1, -0.05) is 6.07 Å².